The van der Waals surface area contributed by atoms with Gasteiger partial charge >= 0.3 is 5.97 Å². The molecule has 118 valence electrons. The lowest BCUT2D eigenvalue weighted by atomic mass is 10.0. The number of carbonyl (C=O) groups excluding carboxylic acids is 1. The number of likely N-dealkylation sites (N-methyl/N-ethyl adjacent to an activating group) is 1. The molecule has 0 spiro atoms. The minimum Gasteiger partial charge on any atom is -0.480 e. The minimum atomic E-state index is -0.927. The Balaban J connectivity index is 2.45. The third-order valence-corrected chi connectivity index (χ3v) is 4.17. The summed E-state index contributed by atoms with van der Waals surface area (Å²) in [6.45, 7) is 4.39. The molecule has 0 aromatic carbocycles. The topological polar surface area (TPSA) is 69.6 Å². The van der Waals surface area contributed by atoms with Crippen molar-refractivity contribution in [1.29, 1.82) is 0 Å². The van der Waals surface area contributed by atoms with Crippen LogP contribution >= 0.6 is 22.9 Å². The van der Waals surface area contributed by atoms with Crippen LogP contribution in [0.5, 0.6) is 0 Å². The van der Waals surface area contributed by atoms with E-state index in [0.717, 1.165) is 4.88 Å². The summed E-state index contributed by atoms with van der Waals surface area (Å²) in [5, 5.41) is 11.9. The number of carbonyl (C=O) groups is 2. The molecule has 0 aliphatic carbocycles. The average molecular weight is 333 g/mol. The Labute approximate surface area is 133 Å². The van der Waals surface area contributed by atoms with Crippen LogP contribution in [0.15, 0.2) is 12.1 Å². The van der Waals surface area contributed by atoms with Gasteiger partial charge in [-0.3, -0.25) is 14.9 Å². The van der Waals surface area contributed by atoms with Gasteiger partial charge in [0.2, 0.25) is 5.91 Å². The number of aliphatic carboxylic acids is 1. The van der Waals surface area contributed by atoms with Crippen molar-refractivity contribution in [2.24, 2.45) is 5.92 Å². The molecule has 21 heavy (non-hydrogen) atoms. The van der Waals surface area contributed by atoms with E-state index >= 15 is 0 Å². The molecule has 1 aromatic heterocycles. The number of hydrogen-bond donors (Lipinski definition) is 2. The standard InChI is InChI=1S/C14H21ClN2O3S/c1-9(2)6-11(14(19)20)16-7-13(18)17(3)8-10-4-5-12(15)21-10/h4-5,9,11,16H,6-8H2,1-3H3,(H,19,20). The monoisotopic (exact) mass is 332 g/mol. The van der Waals surface area contributed by atoms with Crippen molar-refractivity contribution in [3.8, 4) is 0 Å². The molecule has 1 amide bonds. The van der Waals surface area contributed by atoms with E-state index in [0.29, 0.717) is 17.3 Å². The number of nitrogens with one attached hydrogen (secondary N) is 1. The van der Waals surface area contributed by atoms with Crippen molar-refractivity contribution in [1.82, 2.24) is 10.2 Å². The van der Waals surface area contributed by atoms with E-state index < -0.39 is 12.0 Å². The largest absolute Gasteiger partial charge is 0.480 e. The van der Waals surface area contributed by atoms with Crippen molar-refractivity contribution in [3.05, 3.63) is 21.3 Å². The molecule has 5 nitrogen and oxygen atoms in total. The molecule has 1 rings (SSSR count). The van der Waals surface area contributed by atoms with Crippen LogP contribution in [-0.4, -0.2) is 41.5 Å². The molecular weight excluding hydrogens is 312 g/mol. The van der Waals surface area contributed by atoms with Gasteiger partial charge in [-0.15, -0.1) is 11.3 Å². The van der Waals surface area contributed by atoms with E-state index in [1.165, 1.54) is 11.3 Å². The summed E-state index contributed by atoms with van der Waals surface area (Å²) < 4.78 is 0.687. The van der Waals surface area contributed by atoms with Crippen molar-refractivity contribution >= 4 is 34.8 Å². The summed E-state index contributed by atoms with van der Waals surface area (Å²) >= 11 is 7.28. The first-order valence-corrected chi connectivity index (χ1v) is 7.93. The Kier molecular flexibility index (Phi) is 7.14. The molecule has 1 heterocycles. The molecule has 2 N–H and O–H groups in total. The second kappa shape index (κ2) is 8.36. The maximum Gasteiger partial charge on any atom is 0.320 e. The fraction of sp³-hybridized carbons (Fsp3) is 0.571. The molecular formula is C14H21ClN2O3S. The van der Waals surface area contributed by atoms with Crippen LogP contribution < -0.4 is 5.32 Å². The summed E-state index contributed by atoms with van der Waals surface area (Å²) in [6.07, 6.45) is 0.493. The van der Waals surface area contributed by atoms with E-state index in [-0.39, 0.29) is 18.4 Å². The molecule has 7 heteroatoms. The Morgan fingerprint density at radius 2 is 2.10 bits per heavy atom. The van der Waals surface area contributed by atoms with Gasteiger partial charge in [0.15, 0.2) is 0 Å². The minimum absolute atomic E-state index is 0.0132. The van der Waals surface area contributed by atoms with Crippen LogP contribution in [0.1, 0.15) is 25.1 Å². The quantitative estimate of drug-likeness (QED) is 0.767. The van der Waals surface area contributed by atoms with Crippen LogP contribution in [0.25, 0.3) is 0 Å². The van der Waals surface area contributed by atoms with E-state index in [9.17, 15) is 9.59 Å². The highest BCUT2D eigenvalue weighted by atomic mass is 35.5. The highest BCUT2D eigenvalue weighted by molar-refractivity contribution is 7.16. The van der Waals surface area contributed by atoms with Crippen LogP contribution in [-0.2, 0) is 16.1 Å². The molecule has 0 aliphatic heterocycles. The normalized spacial score (nSPS) is 12.4. The van der Waals surface area contributed by atoms with Gasteiger partial charge in [-0.25, -0.2) is 0 Å². The van der Waals surface area contributed by atoms with E-state index in [4.69, 9.17) is 16.7 Å². The van der Waals surface area contributed by atoms with Gasteiger partial charge in [0.25, 0.3) is 0 Å². The number of nitrogens with zero attached hydrogens (tertiary/aromatic N) is 1. The number of carboxylic acids is 1. The predicted octanol–water partition coefficient (Wildman–Crippen LogP) is 2.45. The number of hydrogen-bond acceptors (Lipinski definition) is 4. The highest BCUT2D eigenvalue weighted by Gasteiger charge is 2.20. The Bertz CT molecular complexity index is 490. The van der Waals surface area contributed by atoms with Crippen molar-refractivity contribution in [2.45, 2.75) is 32.9 Å². The van der Waals surface area contributed by atoms with E-state index in [2.05, 4.69) is 5.32 Å². The second-order valence-electron chi connectivity index (χ2n) is 5.36. The zero-order valence-corrected chi connectivity index (χ0v) is 14.0. The van der Waals surface area contributed by atoms with E-state index in [1.807, 2.05) is 19.9 Å². The molecule has 0 saturated heterocycles. The summed E-state index contributed by atoms with van der Waals surface area (Å²) in [5.41, 5.74) is 0. The molecule has 0 saturated carbocycles. The van der Waals surface area contributed by atoms with Crippen LogP contribution in [0.4, 0.5) is 0 Å². The van der Waals surface area contributed by atoms with Crippen molar-refractivity contribution < 1.29 is 14.7 Å². The first-order chi connectivity index (χ1) is 9.79. The highest BCUT2D eigenvalue weighted by Crippen LogP contribution is 2.22. The summed E-state index contributed by atoms with van der Waals surface area (Å²) in [4.78, 5) is 25.7. The zero-order chi connectivity index (χ0) is 16.0. The number of amides is 1. The smallest absolute Gasteiger partial charge is 0.320 e. The summed E-state index contributed by atoms with van der Waals surface area (Å²) in [7, 11) is 1.69. The Morgan fingerprint density at radius 3 is 2.57 bits per heavy atom. The lowest BCUT2D eigenvalue weighted by Crippen LogP contribution is -2.44. The first-order valence-electron chi connectivity index (χ1n) is 6.74. The first kappa shape index (κ1) is 17.9. The molecule has 0 aliphatic rings. The van der Waals surface area contributed by atoms with Crippen LogP contribution in [0, 0.1) is 5.92 Å². The van der Waals surface area contributed by atoms with Gasteiger partial charge in [-0.05, 0) is 24.5 Å². The molecule has 0 radical (unpaired) electrons. The van der Waals surface area contributed by atoms with Gasteiger partial charge < -0.3 is 10.0 Å². The Morgan fingerprint density at radius 1 is 1.43 bits per heavy atom. The lowest BCUT2D eigenvalue weighted by Gasteiger charge is -2.20. The maximum atomic E-state index is 12.0. The van der Waals surface area contributed by atoms with E-state index in [1.54, 1.807) is 18.0 Å². The summed E-state index contributed by atoms with van der Waals surface area (Å²) in [5.74, 6) is -0.821. The van der Waals surface area contributed by atoms with Gasteiger partial charge in [-0.1, -0.05) is 25.4 Å². The Hall–Kier alpha value is -1.11. The van der Waals surface area contributed by atoms with Gasteiger partial charge in [0, 0.05) is 11.9 Å². The molecule has 1 unspecified atom stereocenters. The molecule has 1 atom stereocenters. The third kappa shape index (κ3) is 6.46. The predicted molar refractivity (Wildman–Crippen MR) is 84.7 cm³/mol. The second-order valence-corrected chi connectivity index (χ2v) is 7.16. The van der Waals surface area contributed by atoms with Crippen molar-refractivity contribution in [2.75, 3.05) is 13.6 Å². The molecule has 1 aromatic rings. The van der Waals surface area contributed by atoms with Crippen molar-refractivity contribution in [3.63, 3.8) is 0 Å². The number of halogens is 1. The maximum absolute atomic E-state index is 12.0. The van der Waals surface area contributed by atoms with Crippen LogP contribution in [0.2, 0.25) is 4.34 Å². The lowest BCUT2D eigenvalue weighted by molar-refractivity contribution is -0.140. The number of rotatable bonds is 8. The van der Waals surface area contributed by atoms with Gasteiger partial charge in [0.05, 0.1) is 17.4 Å². The average Bonchev–Trinajstić information content (AvgIpc) is 2.78. The fourth-order valence-corrected chi connectivity index (χ4v) is 2.99. The van der Waals surface area contributed by atoms with Gasteiger partial charge in [-0.2, -0.15) is 0 Å². The third-order valence-electron chi connectivity index (χ3n) is 2.95. The number of carboxylic acid groups (broad SMARTS) is 1. The SMILES string of the molecule is CC(C)CC(NCC(=O)N(C)Cc1ccc(Cl)s1)C(=O)O. The van der Waals surface area contributed by atoms with Gasteiger partial charge in [0.1, 0.15) is 6.04 Å². The fourth-order valence-electron chi connectivity index (χ4n) is 1.85. The molecule has 0 fully saturated rings. The zero-order valence-electron chi connectivity index (χ0n) is 12.4. The molecule has 0 bridgehead atoms. The van der Waals surface area contributed by atoms with Crippen LogP contribution in [0.3, 0.4) is 0 Å². The summed E-state index contributed by atoms with van der Waals surface area (Å²) in [6, 6.07) is 2.98. The number of thiophene rings is 1.